The zero-order valence-corrected chi connectivity index (χ0v) is 21.3. The molecule has 0 aliphatic heterocycles. The number of benzene rings is 3. The van der Waals surface area contributed by atoms with Crippen molar-refractivity contribution in [3.05, 3.63) is 70.8 Å². The minimum atomic E-state index is -1.31. The number of nitriles is 2. The fraction of sp³-hybridized carbons (Fsp3) is 0.0714. The van der Waals surface area contributed by atoms with Crippen molar-refractivity contribution >= 4 is 46.9 Å². The van der Waals surface area contributed by atoms with Gasteiger partial charge in [-0.25, -0.2) is 9.59 Å². The lowest BCUT2D eigenvalue weighted by atomic mass is 9.94. The van der Waals surface area contributed by atoms with Crippen LogP contribution in [-0.4, -0.2) is 45.1 Å². The van der Waals surface area contributed by atoms with E-state index >= 15 is 0 Å². The Hall–Kier alpha value is -5.52. The van der Waals surface area contributed by atoms with Crippen LogP contribution in [0.4, 0.5) is 0 Å². The molecule has 1 heterocycles. The number of aromatic nitrogens is 2. The largest absolute Gasteiger partial charge is 0.492 e. The molecule has 0 atom stereocenters. The van der Waals surface area contributed by atoms with Crippen LogP contribution < -0.4 is 9.47 Å². The first-order valence-electron chi connectivity index (χ1n) is 11.1. The van der Waals surface area contributed by atoms with Gasteiger partial charge in [-0.3, -0.25) is 0 Å². The standard InChI is InChI=1S/C28H18N4O6S/c1-37-25-21(17-7-3-15(4-8-17)11-19(13-29)27(33)34)23-24(32-39-31-23)22(26(25)38-2)18-9-5-16(6-10-18)12-20(14-30)28(35)36/h3-12H,1-2H3,(H,33,34)(H,35,36)/b19-11+,20-12+. The number of fused-ring (bicyclic) bond motifs is 1. The highest BCUT2D eigenvalue weighted by Gasteiger charge is 2.26. The quantitative estimate of drug-likeness (QED) is 0.229. The summed E-state index contributed by atoms with van der Waals surface area (Å²) in [5, 5.41) is 36.3. The van der Waals surface area contributed by atoms with Crippen molar-refractivity contribution < 1.29 is 29.3 Å². The Labute approximate surface area is 226 Å². The van der Waals surface area contributed by atoms with Gasteiger partial charge in [-0.15, -0.1) is 0 Å². The van der Waals surface area contributed by atoms with Gasteiger partial charge < -0.3 is 19.7 Å². The van der Waals surface area contributed by atoms with Crippen molar-refractivity contribution in [3.8, 4) is 45.9 Å². The zero-order chi connectivity index (χ0) is 28.1. The molecule has 0 aliphatic carbocycles. The van der Waals surface area contributed by atoms with Gasteiger partial charge in [0.25, 0.3) is 0 Å². The number of rotatable bonds is 8. The molecule has 0 radical (unpaired) electrons. The second-order valence-electron chi connectivity index (χ2n) is 7.97. The molecule has 0 aliphatic rings. The van der Waals surface area contributed by atoms with Crippen molar-refractivity contribution in [1.82, 2.24) is 8.75 Å². The number of carboxylic acid groups (broad SMARTS) is 2. The highest BCUT2D eigenvalue weighted by Crippen LogP contribution is 2.50. The normalized spacial score (nSPS) is 11.5. The number of hydrogen-bond acceptors (Lipinski definition) is 9. The molecular formula is C28H18N4O6S. The van der Waals surface area contributed by atoms with Crippen molar-refractivity contribution in [2.45, 2.75) is 0 Å². The van der Waals surface area contributed by atoms with Crippen LogP contribution in [0.5, 0.6) is 11.5 Å². The molecule has 0 spiro atoms. The van der Waals surface area contributed by atoms with E-state index in [2.05, 4.69) is 8.75 Å². The molecule has 0 unspecified atom stereocenters. The van der Waals surface area contributed by atoms with Crippen LogP contribution in [0.15, 0.2) is 59.7 Å². The average molecular weight is 539 g/mol. The van der Waals surface area contributed by atoms with E-state index in [9.17, 15) is 9.59 Å². The van der Waals surface area contributed by atoms with Gasteiger partial charge in [0.2, 0.25) is 0 Å². The molecule has 3 aromatic carbocycles. The molecule has 4 rings (SSSR count). The van der Waals surface area contributed by atoms with Gasteiger partial charge in [0.15, 0.2) is 11.5 Å². The molecule has 0 amide bonds. The summed E-state index contributed by atoms with van der Waals surface area (Å²) in [5.74, 6) is -1.81. The number of nitrogens with zero attached hydrogens (tertiary/aromatic N) is 4. The summed E-state index contributed by atoms with van der Waals surface area (Å²) < 4.78 is 20.6. The number of aliphatic carboxylic acids is 2. The van der Waals surface area contributed by atoms with E-state index < -0.39 is 11.9 Å². The van der Waals surface area contributed by atoms with Crippen molar-refractivity contribution in [2.24, 2.45) is 0 Å². The Morgan fingerprint density at radius 2 is 1.10 bits per heavy atom. The summed E-state index contributed by atoms with van der Waals surface area (Å²) in [5.41, 5.74) is 4.07. The van der Waals surface area contributed by atoms with Gasteiger partial charge in [-0.05, 0) is 34.4 Å². The van der Waals surface area contributed by atoms with Crippen LogP contribution in [0.25, 0.3) is 45.4 Å². The lowest BCUT2D eigenvalue weighted by Crippen LogP contribution is -1.99. The lowest BCUT2D eigenvalue weighted by molar-refractivity contribution is -0.133. The van der Waals surface area contributed by atoms with Crippen molar-refractivity contribution in [2.75, 3.05) is 14.2 Å². The summed E-state index contributed by atoms with van der Waals surface area (Å²) in [6.45, 7) is 0. The summed E-state index contributed by atoms with van der Waals surface area (Å²) in [6.07, 6.45) is 2.56. The SMILES string of the molecule is COc1c(OC)c(-c2ccc(/C=C(\C#N)C(=O)O)cc2)c2nsnc2c1-c1ccc(/C=C(\C#N)C(=O)O)cc1. The minimum absolute atomic E-state index is 0.384. The van der Waals surface area contributed by atoms with E-state index in [0.717, 1.165) is 11.7 Å². The molecule has 39 heavy (non-hydrogen) atoms. The van der Waals surface area contributed by atoms with Gasteiger partial charge in [0.05, 0.1) is 37.1 Å². The molecule has 1 aromatic heterocycles. The Morgan fingerprint density at radius 1 is 0.744 bits per heavy atom. The number of methoxy groups -OCH3 is 2. The van der Waals surface area contributed by atoms with Crippen LogP contribution in [0.3, 0.4) is 0 Å². The number of carboxylic acids is 2. The molecule has 0 saturated heterocycles. The molecule has 11 heteroatoms. The molecule has 10 nitrogen and oxygen atoms in total. The fourth-order valence-electron chi connectivity index (χ4n) is 3.99. The van der Waals surface area contributed by atoms with E-state index in [0.29, 0.717) is 55.9 Å². The van der Waals surface area contributed by atoms with Crippen LogP contribution in [-0.2, 0) is 9.59 Å². The van der Waals surface area contributed by atoms with Gasteiger partial charge in [-0.2, -0.15) is 19.3 Å². The van der Waals surface area contributed by atoms with E-state index in [4.69, 9.17) is 30.2 Å². The third-order valence-corrected chi connectivity index (χ3v) is 6.28. The first-order valence-corrected chi connectivity index (χ1v) is 11.9. The fourth-order valence-corrected chi connectivity index (χ4v) is 4.55. The predicted octanol–water partition coefficient (Wildman–Crippen LogP) is 5.03. The predicted molar refractivity (Wildman–Crippen MR) is 144 cm³/mol. The number of carbonyl (C=O) groups is 2. The third kappa shape index (κ3) is 5.16. The van der Waals surface area contributed by atoms with Gasteiger partial charge in [-0.1, -0.05) is 48.5 Å². The summed E-state index contributed by atoms with van der Waals surface area (Å²) >= 11 is 1.01. The monoisotopic (exact) mass is 538 g/mol. The maximum absolute atomic E-state index is 11.2. The lowest BCUT2D eigenvalue weighted by Gasteiger charge is -2.18. The molecule has 4 aromatic rings. The first kappa shape index (κ1) is 26.5. The maximum atomic E-state index is 11.2. The minimum Gasteiger partial charge on any atom is -0.492 e. The summed E-state index contributed by atoms with van der Waals surface area (Å²) in [4.78, 5) is 22.4. The highest BCUT2D eigenvalue weighted by atomic mass is 32.1. The number of ether oxygens (including phenoxy) is 2. The van der Waals surface area contributed by atoms with Gasteiger partial charge in [0, 0.05) is 0 Å². The van der Waals surface area contributed by atoms with E-state index in [1.165, 1.54) is 26.4 Å². The molecule has 2 N–H and O–H groups in total. The Balaban J connectivity index is 1.87. The van der Waals surface area contributed by atoms with E-state index in [-0.39, 0.29) is 11.1 Å². The topological polar surface area (TPSA) is 166 Å². The van der Waals surface area contributed by atoms with Crippen molar-refractivity contribution in [3.63, 3.8) is 0 Å². The first-order chi connectivity index (χ1) is 18.8. The van der Waals surface area contributed by atoms with Crippen LogP contribution in [0, 0.1) is 22.7 Å². The van der Waals surface area contributed by atoms with Gasteiger partial charge in [0.1, 0.15) is 34.3 Å². The zero-order valence-electron chi connectivity index (χ0n) is 20.5. The summed E-state index contributed by atoms with van der Waals surface area (Å²) in [6, 6.07) is 17.1. The second-order valence-corrected chi connectivity index (χ2v) is 8.50. The third-order valence-electron chi connectivity index (χ3n) is 5.75. The highest BCUT2D eigenvalue weighted by molar-refractivity contribution is 7.00. The molecule has 0 bridgehead atoms. The van der Waals surface area contributed by atoms with Crippen LogP contribution in [0.1, 0.15) is 11.1 Å². The van der Waals surface area contributed by atoms with Crippen LogP contribution >= 0.6 is 11.7 Å². The smallest absolute Gasteiger partial charge is 0.346 e. The Bertz CT molecular complexity index is 1610. The molecular weight excluding hydrogens is 520 g/mol. The second kappa shape index (κ2) is 11.3. The Morgan fingerprint density at radius 3 is 1.38 bits per heavy atom. The van der Waals surface area contributed by atoms with Crippen molar-refractivity contribution in [1.29, 1.82) is 10.5 Å². The van der Waals surface area contributed by atoms with Gasteiger partial charge >= 0.3 is 11.9 Å². The number of hydrogen-bond donors (Lipinski definition) is 2. The molecule has 0 fully saturated rings. The van der Waals surface area contributed by atoms with E-state index in [1.54, 1.807) is 60.7 Å². The maximum Gasteiger partial charge on any atom is 0.346 e. The van der Waals surface area contributed by atoms with E-state index in [1.807, 2.05) is 0 Å². The Kier molecular flexibility index (Phi) is 7.66. The molecule has 192 valence electrons. The average Bonchev–Trinajstić information content (AvgIpc) is 3.43. The molecule has 0 saturated carbocycles. The summed E-state index contributed by atoms with van der Waals surface area (Å²) in [7, 11) is 3.01. The van der Waals surface area contributed by atoms with Crippen LogP contribution in [0.2, 0.25) is 0 Å².